The van der Waals surface area contributed by atoms with Crippen molar-refractivity contribution in [3.8, 4) is 11.6 Å². The molecule has 1 aromatic heterocycles. The second-order valence-corrected chi connectivity index (χ2v) is 5.25. The van der Waals surface area contributed by atoms with Crippen LogP contribution in [-0.2, 0) is 6.61 Å². The lowest BCUT2D eigenvalue weighted by molar-refractivity contribution is 0.275. The van der Waals surface area contributed by atoms with Gasteiger partial charge < -0.3 is 9.84 Å². The smallest absolute Gasteiger partial charge is 0.225 e. The van der Waals surface area contributed by atoms with Crippen molar-refractivity contribution in [1.29, 1.82) is 0 Å². The standard InChI is InChI=1S/C17H14ClNO2/c1-11-6-7-14(18)16(8-11)21-17-13(10-20)9-12-4-2-3-5-15(12)19-17/h2-9,20H,10H2,1H3. The van der Waals surface area contributed by atoms with Crippen molar-refractivity contribution in [2.24, 2.45) is 0 Å². The van der Waals surface area contributed by atoms with Crippen LogP contribution in [0.2, 0.25) is 5.02 Å². The molecule has 0 bridgehead atoms. The molecule has 3 aromatic rings. The van der Waals surface area contributed by atoms with Gasteiger partial charge >= 0.3 is 0 Å². The van der Waals surface area contributed by atoms with Crippen molar-refractivity contribution in [2.45, 2.75) is 13.5 Å². The summed E-state index contributed by atoms with van der Waals surface area (Å²) in [5.41, 5.74) is 2.49. The van der Waals surface area contributed by atoms with Gasteiger partial charge in [-0.1, -0.05) is 35.9 Å². The molecule has 0 saturated heterocycles. The highest BCUT2D eigenvalue weighted by atomic mass is 35.5. The molecule has 0 fully saturated rings. The van der Waals surface area contributed by atoms with Gasteiger partial charge in [-0.25, -0.2) is 4.98 Å². The Morgan fingerprint density at radius 2 is 1.95 bits per heavy atom. The highest BCUT2D eigenvalue weighted by Gasteiger charge is 2.11. The predicted octanol–water partition coefficient (Wildman–Crippen LogP) is 4.48. The SMILES string of the molecule is Cc1ccc(Cl)c(Oc2nc3ccccc3cc2CO)c1. The summed E-state index contributed by atoms with van der Waals surface area (Å²) < 4.78 is 5.82. The van der Waals surface area contributed by atoms with E-state index in [0.717, 1.165) is 16.5 Å². The van der Waals surface area contributed by atoms with Gasteiger partial charge in [0.1, 0.15) is 5.75 Å². The number of pyridine rings is 1. The van der Waals surface area contributed by atoms with Crippen LogP contribution in [0.5, 0.6) is 11.6 Å². The summed E-state index contributed by atoms with van der Waals surface area (Å²) in [6.45, 7) is 1.82. The maximum atomic E-state index is 9.53. The Morgan fingerprint density at radius 3 is 2.76 bits per heavy atom. The summed E-state index contributed by atoms with van der Waals surface area (Å²) in [7, 11) is 0. The van der Waals surface area contributed by atoms with Crippen molar-refractivity contribution in [1.82, 2.24) is 4.98 Å². The van der Waals surface area contributed by atoms with E-state index in [-0.39, 0.29) is 6.61 Å². The minimum absolute atomic E-state index is 0.142. The first-order chi connectivity index (χ1) is 10.2. The molecule has 1 N–H and O–H groups in total. The van der Waals surface area contributed by atoms with E-state index < -0.39 is 0 Å². The summed E-state index contributed by atoms with van der Waals surface area (Å²) in [6.07, 6.45) is 0. The summed E-state index contributed by atoms with van der Waals surface area (Å²) in [4.78, 5) is 4.47. The number of aliphatic hydroxyl groups excluding tert-OH is 1. The fourth-order valence-electron chi connectivity index (χ4n) is 2.14. The molecule has 0 aliphatic carbocycles. The molecule has 0 unspecified atom stereocenters. The van der Waals surface area contributed by atoms with Crippen molar-refractivity contribution in [3.05, 3.63) is 64.7 Å². The Hall–Kier alpha value is -2.10. The fraction of sp³-hybridized carbons (Fsp3) is 0.118. The number of ether oxygens (including phenoxy) is 1. The zero-order valence-electron chi connectivity index (χ0n) is 11.5. The third-order valence-electron chi connectivity index (χ3n) is 3.23. The molecule has 0 spiro atoms. The largest absolute Gasteiger partial charge is 0.437 e. The molecule has 3 rings (SSSR count). The van der Waals surface area contributed by atoms with E-state index in [1.54, 1.807) is 6.07 Å². The maximum Gasteiger partial charge on any atom is 0.225 e. The number of hydrogen-bond acceptors (Lipinski definition) is 3. The number of benzene rings is 2. The van der Waals surface area contributed by atoms with Gasteiger partial charge in [0.15, 0.2) is 0 Å². The molecule has 2 aromatic carbocycles. The van der Waals surface area contributed by atoms with Gasteiger partial charge in [-0.3, -0.25) is 0 Å². The van der Waals surface area contributed by atoms with Crippen LogP contribution in [-0.4, -0.2) is 10.1 Å². The Morgan fingerprint density at radius 1 is 1.14 bits per heavy atom. The van der Waals surface area contributed by atoms with Gasteiger partial charge in [0.05, 0.1) is 17.1 Å². The molecule has 0 atom stereocenters. The van der Waals surface area contributed by atoms with Crippen LogP contribution < -0.4 is 4.74 Å². The first-order valence-electron chi connectivity index (χ1n) is 6.61. The quantitative estimate of drug-likeness (QED) is 0.775. The lowest BCUT2D eigenvalue weighted by Crippen LogP contribution is -1.96. The van der Waals surface area contributed by atoms with E-state index in [2.05, 4.69) is 4.98 Å². The topological polar surface area (TPSA) is 42.4 Å². The Labute approximate surface area is 127 Å². The van der Waals surface area contributed by atoms with Crippen molar-refractivity contribution in [2.75, 3.05) is 0 Å². The summed E-state index contributed by atoms with van der Waals surface area (Å²) in [6, 6.07) is 15.1. The van der Waals surface area contributed by atoms with E-state index >= 15 is 0 Å². The second kappa shape index (κ2) is 5.72. The maximum absolute atomic E-state index is 9.53. The minimum atomic E-state index is -0.142. The zero-order valence-corrected chi connectivity index (χ0v) is 12.3. The van der Waals surface area contributed by atoms with E-state index in [1.165, 1.54) is 0 Å². The van der Waals surface area contributed by atoms with E-state index in [9.17, 15) is 5.11 Å². The van der Waals surface area contributed by atoms with Gasteiger partial charge in [0.2, 0.25) is 5.88 Å². The molecular formula is C17H14ClNO2. The molecule has 3 nitrogen and oxygen atoms in total. The number of hydrogen-bond donors (Lipinski definition) is 1. The number of para-hydroxylation sites is 1. The number of rotatable bonds is 3. The van der Waals surface area contributed by atoms with Crippen LogP contribution in [0.4, 0.5) is 0 Å². The molecule has 4 heteroatoms. The molecule has 1 heterocycles. The predicted molar refractivity (Wildman–Crippen MR) is 83.9 cm³/mol. The summed E-state index contributed by atoms with van der Waals surface area (Å²) in [5, 5.41) is 11.0. The lowest BCUT2D eigenvalue weighted by atomic mass is 10.1. The fourth-order valence-corrected chi connectivity index (χ4v) is 2.29. The Kier molecular flexibility index (Phi) is 3.78. The number of aryl methyl sites for hydroxylation is 1. The van der Waals surface area contributed by atoms with E-state index in [1.807, 2.05) is 49.4 Å². The average molecular weight is 300 g/mol. The molecule has 106 valence electrons. The number of aromatic nitrogens is 1. The van der Waals surface area contributed by atoms with Crippen LogP contribution in [0.25, 0.3) is 10.9 Å². The van der Waals surface area contributed by atoms with Gasteiger partial charge in [0.25, 0.3) is 0 Å². The molecule has 0 amide bonds. The molecular weight excluding hydrogens is 286 g/mol. The van der Waals surface area contributed by atoms with Crippen molar-refractivity contribution >= 4 is 22.5 Å². The van der Waals surface area contributed by atoms with Gasteiger partial charge in [-0.15, -0.1) is 0 Å². The average Bonchev–Trinajstić information content (AvgIpc) is 2.50. The Bertz CT molecular complexity index is 802. The van der Waals surface area contributed by atoms with Crippen LogP contribution in [0.15, 0.2) is 48.5 Å². The van der Waals surface area contributed by atoms with Gasteiger partial charge in [-0.2, -0.15) is 0 Å². The lowest BCUT2D eigenvalue weighted by Gasteiger charge is -2.11. The van der Waals surface area contributed by atoms with Crippen molar-refractivity contribution in [3.63, 3.8) is 0 Å². The molecule has 0 radical (unpaired) electrons. The third-order valence-corrected chi connectivity index (χ3v) is 3.54. The van der Waals surface area contributed by atoms with Crippen LogP contribution in [0.1, 0.15) is 11.1 Å². The molecule has 21 heavy (non-hydrogen) atoms. The highest BCUT2D eigenvalue weighted by molar-refractivity contribution is 6.32. The number of fused-ring (bicyclic) bond motifs is 1. The number of aliphatic hydroxyl groups is 1. The highest BCUT2D eigenvalue weighted by Crippen LogP contribution is 2.32. The van der Waals surface area contributed by atoms with Crippen molar-refractivity contribution < 1.29 is 9.84 Å². The Balaban J connectivity index is 2.08. The zero-order chi connectivity index (χ0) is 14.8. The van der Waals surface area contributed by atoms with Crippen LogP contribution >= 0.6 is 11.6 Å². The van der Waals surface area contributed by atoms with Gasteiger partial charge in [0, 0.05) is 10.9 Å². The minimum Gasteiger partial charge on any atom is -0.437 e. The third kappa shape index (κ3) is 2.84. The molecule has 0 aliphatic heterocycles. The first kappa shape index (κ1) is 13.9. The molecule has 0 aliphatic rings. The number of nitrogens with zero attached hydrogens (tertiary/aromatic N) is 1. The summed E-state index contributed by atoms with van der Waals surface area (Å²) >= 11 is 6.14. The summed E-state index contributed by atoms with van der Waals surface area (Å²) in [5.74, 6) is 0.915. The monoisotopic (exact) mass is 299 g/mol. The van der Waals surface area contributed by atoms with E-state index in [4.69, 9.17) is 16.3 Å². The normalized spacial score (nSPS) is 10.8. The van der Waals surface area contributed by atoms with E-state index in [0.29, 0.717) is 22.2 Å². The number of halogens is 1. The van der Waals surface area contributed by atoms with Crippen LogP contribution in [0.3, 0.4) is 0 Å². The molecule has 0 saturated carbocycles. The van der Waals surface area contributed by atoms with Crippen LogP contribution in [0, 0.1) is 6.92 Å². The second-order valence-electron chi connectivity index (χ2n) is 4.84. The van der Waals surface area contributed by atoms with Gasteiger partial charge in [-0.05, 0) is 36.8 Å². The first-order valence-corrected chi connectivity index (χ1v) is 6.98.